The Labute approximate surface area is 178 Å². The van der Waals surface area contributed by atoms with E-state index in [0.717, 1.165) is 17.7 Å². The van der Waals surface area contributed by atoms with E-state index < -0.39 is 5.97 Å². The molecule has 2 heterocycles. The fraction of sp³-hybridized carbons (Fsp3) is 0.130. The van der Waals surface area contributed by atoms with Crippen molar-refractivity contribution < 1.29 is 19.1 Å². The number of nitrogens with one attached hydrogen (secondary N) is 2. The molecular weight excluding hydrogens is 400 g/mol. The molecular formula is C23H20N2O4S. The highest BCUT2D eigenvalue weighted by atomic mass is 32.2. The first-order valence-corrected chi connectivity index (χ1v) is 10.4. The van der Waals surface area contributed by atoms with E-state index in [0.29, 0.717) is 16.4 Å². The molecule has 152 valence electrons. The minimum atomic E-state index is -0.972. The van der Waals surface area contributed by atoms with Gasteiger partial charge in [0.2, 0.25) is 0 Å². The summed E-state index contributed by atoms with van der Waals surface area (Å²) < 4.78 is 5.82. The van der Waals surface area contributed by atoms with Crippen molar-refractivity contribution in [3.8, 4) is 11.3 Å². The number of carboxylic acid groups (broad SMARTS) is 1. The van der Waals surface area contributed by atoms with Gasteiger partial charge >= 0.3 is 5.97 Å². The molecule has 1 aliphatic heterocycles. The first kappa shape index (κ1) is 19.8. The molecule has 1 amide bonds. The van der Waals surface area contributed by atoms with E-state index >= 15 is 0 Å². The van der Waals surface area contributed by atoms with Crippen molar-refractivity contribution in [3.63, 3.8) is 0 Å². The van der Waals surface area contributed by atoms with Gasteiger partial charge in [0.1, 0.15) is 11.5 Å². The number of anilines is 1. The summed E-state index contributed by atoms with van der Waals surface area (Å²) in [7, 11) is 0. The molecule has 0 aliphatic carbocycles. The summed E-state index contributed by atoms with van der Waals surface area (Å²) in [5.41, 5.74) is 2.93. The van der Waals surface area contributed by atoms with Crippen LogP contribution in [0.5, 0.6) is 0 Å². The molecule has 4 rings (SSSR count). The third-order valence-electron chi connectivity index (χ3n) is 4.71. The number of carbonyl (C=O) groups excluding carboxylic acids is 1. The number of hydrogen-bond donors (Lipinski definition) is 3. The highest BCUT2D eigenvalue weighted by molar-refractivity contribution is 8.05. The number of aryl methyl sites for hydroxylation is 1. The third kappa shape index (κ3) is 4.41. The van der Waals surface area contributed by atoms with Gasteiger partial charge in [0.25, 0.3) is 5.91 Å². The lowest BCUT2D eigenvalue weighted by molar-refractivity contribution is -0.116. The van der Waals surface area contributed by atoms with Gasteiger partial charge in [0, 0.05) is 17.3 Å². The Hall–Kier alpha value is -3.45. The normalized spacial score (nSPS) is 17.2. The molecule has 30 heavy (non-hydrogen) atoms. The Morgan fingerprint density at radius 2 is 1.87 bits per heavy atom. The first-order valence-electron chi connectivity index (χ1n) is 9.50. The Morgan fingerprint density at radius 1 is 1.13 bits per heavy atom. The van der Waals surface area contributed by atoms with Crippen LogP contribution in [0.1, 0.15) is 28.6 Å². The SMILES string of the molecule is CCc1ccc(N[C@@H]2NC(=O)/C(=C/c3ccc(-c4ccc(C(=O)O)cc4)o3)S2)cc1. The second kappa shape index (κ2) is 8.51. The standard InChI is InChI=1S/C23H20N2O4S/c1-2-14-3-9-17(10-4-14)24-23-25-21(26)20(30-23)13-18-11-12-19(29-18)15-5-7-16(8-6-15)22(27)28/h3-13,23-24H,2H2,1H3,(H,25,26)(H,27,28)/b20-13-/t23-/m1/s1. The molecule has 0 radical (unpaired) electrons. The number of rotatable bonds is 6. The van der Waals surface area contributed by atoms with Gasteiger partial charge in [-0.1, -0.05) is 43.0 Å². The van der Waals surface area contributed by atoms with Crippen LogP contribution in [0, 0.1) is 0 Å². The molecule has 1 aliphatic rings. The molecule has 3 aromatic rings. The smallest absolute Gasteiger partial charge is 0.335 e. The van der Waals surface area contributed by atoms with Crippen molar-refractivity contribution in [1.82, 2.24) is 5.32 Å². The average Bonchev–Trinajstić information content (AvgIpc) is 3.35. The quantitative estimate of drug-likeness (QED) is 0.496. The fourth-order valence-electron chi connectivity index (χ4n) is 3.05. The third-order valence-corrected chi connectivity index (χ3v) is 5.74. The predicted octanol–water partition coefficient (Wildman–Crippen LogP) is 4.81. The molecule has 0 saturated carbocycles. The Kier molecular flexibility index (Phi) is 5.63. The molecule has 2 aromatic carbocycles. The number of benzene rings is 2. The predicted molar refractivity (Wildman–Crippen MR) is 118 cm³/mol. The maximum absolute atomic E-state index is 12.3. The summed E-state index contributed by atoms with van der Waals surface area (Å²) in [6, 6.07) is 18.2. The van der Waals surface area contributed by atoms with E-state index in [1.54, 1.807) is 30.3 Å². The monoisotopic (exact) mass is 420 g/mol. The van der Waals surface area contributed by atoms with Gasteiger partial charge in [-0.2, -0.15) is 0 Å². The van der Waals surface area contributed by atoms with Crippen molar-refractivity contribution in [2.75, 3.05) is 5.32 Å². The second-order valence-corrected chi connectivity index (χ2v) is 7.91. The molecule has 0 unspecified atom stereocenters. The van der Waals surface area contributed by atoms with E-state index in [-0.39, 0.29) is 17.0 Å². The van der Waals surface area contributed by atoms with Gasteiger partial charge in [-0.25, -0.2) is 4.79 Å². The van der Waals surface area contributed by atoms with Gasteiger partial charge in [-0.05, 0) is 48.4 Å². The first-order chi connectivity index (χ1) is 14.5. The van der Waals surface area contributed by atoms with Crippen LogP contribution in [-0.2, 0) is 11.2 Å². The van der Waals surface area contributed by atoms with Crippen LogP contribution in [-0.4, -0.2) is 22.5 Å². The number of furan rings is 1. The average molecular weight is 420 g/mol. The van der Waals surface area contributed by atoms with E-state index in [1.807, 2.05) is 12.1 Å². The van der Waals surface area contributed by atoms with Crippen molar-refractivity contribution in [3.05, 3.63) is 82.5 Å². The second-order valence-electron chi connectivity index (χ2n) is 6.76. The molecule has 0 bridgehead atoms. The largest absolute Gasteiger partial charge is 0.478 e. The zero-order valence-electron chi connectivity index (χ0n) is 16.2. The maximum atomic E-state index is 12.3. The van der Waals surface area contributed by atoms with Gasteiger partial charge in [-0.15, -0.1) is 0 Å². The van der Waals surface area contributed by atoms with Gasteiger partial charge in [0.15, 0.2) is 5.50 Å². The number of hydrogen-bond acceptors (Lipinski definition) is 5. The van der Waals surface area contributed by atoms with Crippen molar-refractivity contribution in [1.29, 1.82) is 0 Å². The lowest BCUT2D eigenvalue weighted by Gasteiger charge is -2.12. The van der Waals surface area contributed by atoms with Crippen LogP contribution in [0.25, 0.3) is 17.4 Å². The van der Waals surface area contributed by atoms with E-state index in [4.69, 9.17) is 9.52 Å². The molecule has 0 spiro atoms. The summed E-state index contributed by atoms with van der Waals surface area (Å²) in [6.07, 6.45) is 2.69. The molecule has 1 atom stereocenters. The van der Waals surface area contributed by atoms with E-state index in [2.05, 4.69) is 29.7 Å². The molecule has 1 saturated heterocycles. The summed E-state index contributed by atoms with van der Waals surface area (Å²) in [6.45, 7) is 2.11. The number of aromatic carboxylic acids is 1. The van der Waals surface area contributed by atoms with Crippen molar-refractivity contribution >= 4 is 35.4 Å². The van der Waals surface area contributed by atoms with E-state index in [1.165, 1.54) is 29.5 Å². The molecule has 3 N–H and O–H groups in total. The summed E-state index contributed by atoms with van der Waals surface area (Å²) in [4.78, 5) is 23.8. The van der Waals surface area contributed by atoms with Gasteiger partial charge in [-0.3, -0.25) is 4.79 Å². The summed E-state index contributed by atoms with van der Waals surface area (Å²) >= 11 is 1.39. The lowest BCUT2D eigenvalue weighted by atomic mass is 10.1. The van der Waals surface area contributed by atoms with Gasteiger partial charge < -0.3 is 20.2 Å². The van der Waals surface area contributed by atoms with Crippen molar-refractivity contribution in [2.24, 2.45) is 0 Å². The number of amides is 1. The summed E-state index contributed by atoms with van der Waals surface area (Å²) in [5, 5.41) is 15.2. The highest BCUT2D eigenvalue weighted by Crippen LogP contribution is 2.31. The van der Waals surface area contributed by atoms with Crippen LogP contribution in [0.2, 0.25) is 0 Å². The molecule has 1 fully saturated rings. The molecule has 6 nitrogen and oxygen atoms in total. The zero-order valence-corrected chi connectivity index (χ0v) is 17.0. The highest BCUT2D eigenvalue weighted by Gasteiger charge is 2.27. The Bertz CT molecular complexity index is 1100. The van der Waals surface area contributed by atoms with Crippen LogP contribution in [0.15, 0.2) is 70.0 Å². The van der Waals surface area contributed by atoms with Crippen LogP contribution in [0.3, 0.4) is 0 Å². The minimum absolute atomic E-state index is 0.161. The summed E-state index contributed by atoms with van der Waals surface area (Å²) in [5.74, 6) is 0.0254. The number of carboxylic acids is 1. The Morgan fingerprint density at radius 3 is 2.53 bits per heavy atom. The minimum Gasteiger partial charge on any atom is -0.478 e. The van der Waals surface area contributed by atoms with Crippen LogP contribution < -0.4 is 10.6 Å². The molecule has 1 aromatic heterocycles. The Balaban J connectivity index is 1.44. The maximum Gasteiger partial charge on any atom is 0.335 e. The van der Waals surface area contributed by atoms with Gasteiger partial charge in [0.05, 0.1) is 10.5 Å². The lowest BCUT2D eigenvalue weighted by Crippen LogP contribution is -2.30. The topological polar surface area (TPSA) is 91.6 Å². The van der Waals surface area contributed by atoms with Crippen molar-refractivity contribution in [2.45, 2.75) is 18.8 Å². The number of thioether (sulfide) groups is 1. The molecule has 7 heteroatoms. The fourth-order valence-corrected chi connectivity index (χ4v) is 4.01. The number of carbonyl (C=O) groups is 2. The van der Waals surface area contributed by atoms with E-state index in [9.17, 15) is 9.59 Å². The zero-order chi connectivity index (χ0) is 21.1. The van der Waals surface area contributed by atoms with Crippen LogP contribution >= 0.6 is 11.8 Å². The van der Waals surface area contributed by atoms with Crippen LogP contribution in [0.4, 0.5) is 5.69 Å².